The third-order valence-electron chi connectivity index (χ3n) is 3.09. The van der Waals surface area contributed by atoms with Crippen LogP contribution in [0.5, 0.6) is 0 Å². The number of nitrogens with one attached hydrogen (secondary N) is 1. The van der Waals surface area contributed by atoms with Crippen LogP contribution in [0.15, 0.2) is 30.5 Å². The lowest BCUT2D eigenvalue weighted by molar-refractivity contribution is 0.569. The third-order valence-corrected chi connectivity index (χ3v) is 3.33. The van der Waals surface area contributed by atoms with Gasteiger partial charge in [-0.15, -0.1) is 0 Å². The Kier molecular flexibility index (Phi) is 4.17. The van der Waals surface area contributed by atoms with Crippen LogP contribution in [-0.2, 0) is 0 Å². The Bertz CT molecular complexity index is 547. The molecule has 0 aliphatic carbocycles. The number of nitrogens with zero attached hydrogens (tertiary/aromatic N) is 1. The van der Waals surface area contributed by atoms with Gasteiger partial charge in [0.1, 0.15) is 5.82 Å². The van der Waals surface area contributed by atoms with E-state index in [1.54, 1.807) is 25.4 Å². The van der Waals surface area contributed by atoms with Crippen LogP contribution in [0.1, 0.15) is 28.4 Å². The maximum Gasteiger partial charge on any atom is 0.129 e. The molecule has 0 spiro atoms. The van der Waals surface area contributed by atoms with E-state index in [1.165, 1.54) is 6.07 Å². The zero-order valence-electron chi connectivity index (χ0n) is 11.2. The number of aryl methyl sites for hydroxylation is 2. The molecule has 2 rings (SSSR count). The third kappa shape index (κ3) is 2.94. The van der Waals surface area contributed by atoms with Crippen molar-refractivity contribution < 1.29 is 4.39 Å². The SMILES string of the molecule is CNC(c1ccc(Cl)cc1F)c1ncc(C)cc1C. The summed E-state index contributed by atoms with van der Waals surface area (Å²) >= 11 is 5.79. The second kappa shape index (κ2) is 5.68. The quantitative estimate of drug-likeness (QED) is 0.924. The second-order valence-electron chi connectivity index (χ2n) is 4.60. The van der Waals surface area contributed by atoms with E-state index < -0.39 is 0 Å². The molecule has 1 heterocycles. The molecule has 1 aromatic carbocycles. The average molecular weight is 279 g/mol. The van der Waals surface area contributed by atoms with Gasteiger partial charge in [-0.05, 0) is 44.2 Å². The Labute approximate surface area is 117 Å². The first-order valence-corrected chi connectivity index (χ1v) is 6.46. The largest absolute Gasteiger partial charge is 0.308 e. The summed E-state index contributed by atoms with van der Waals surface area (Å²) in [6.45, 7) is 3.97. The summed E-state index contributed by atoms with van der Waals surface area (Å²) in [5, 5.41) is 3.50. The minimum Gasteiger partial charge on any atom is -0.308 e. The minimum atomic E-state index is -0.325. The van der Waals surface area contributed by atoms with Crippen molar-refractivity contribution in [1.82, 2.24) is 10.3 Å². The Balaban J connectivity index is 2.50. The lowest BCUT2D eigenvalue weighted by Crippen LogP contribution is -2.21. The van der Waals surface area contributed by atoms with E-state index in [2.05, 4.69) is 10.3 Å². The van der Waals surface area contributed by atoms with Gasteiger partial charge in [0.25, 0.3) is 0 Å². The van der Waals surface area contributed by atoms with Crippen LogP contribution in [0.2, 0.25) is 5.02 Å². The van der Waals surface area contributed by atoms with Crippen molar-refractivity contribution in [3.63, 3.8) is 0 Å². The number of halogens is 2. The smallest absolute Gasteiger partial charge is 0.129 e. The van der Waals surface area contributed by atoms with Gasteiger partial charge < -0.3 is 5.32 Å². The van der Waals surface area contributed by atoms with Crippen molar-refractivity contribution in [2.24, 2.45) is 0 Å². The molecule has 0 radical (unpaired) electrons. The van der Waals surface area contributed by atoms with Crippen molar-refractivity contribution in [2.75, 3.05) is 7.05 Å². The predicted molar refractivity (Wildman–Crippen MR) is 76.0 cm³/mol. The number of benzene rings is 1. The van der Waals surface area contributed by atoms with Crippen LogP contribution in [-0.4, -0.2) is 12.0 Å². The van der Waals surface area contributed by atoms with Crippen LogP contribution < -0.4 is 5.32 Å². The van der Waals surface area contributed by atoms with Gasteiger partial charge in [0, 0.05) is 16.8 Å². The molecule has 2 aromatic rings. The molecule has 0 saturated heterocycles. The molecule has 0 fully saturated rings. The van der Waals surface area contributed by atoms with Crippen LogP contribution >= 0.6 is 11.6 Å². The number of pyridine rings is 1. The zero-order chi connectivity index (χ0) is 14.0. The Morgan fingerprint density at radius 2 is 2.00 bits per heavy atom. The molecule has 4 heteroatoms. The molecule has 1 aromatic heterocycles. The first-order valence-electron chi connectivity index (χ1n) is 6.08. The first-order chi connectivity index (χ1) is 9.02. The topological polar surface area (TPSA) is 24.9 Å². The van der Waals surface area contributed by atoms with Gasteiger partial charge >= 0.3 is 0 Å². The van der Waals surface area contributed by atoms with Gasteiger partial charge in [0.05, 0.1) is 11.7 Å². The van der Waals surface area contributed by atoms with Gasteiger partial charge in [-0.1, -0.05) is 23.7 Å². The lowest BCUT2D eigenvalue weighted by atomic mass is 9.99. The molecule has 0 saturated carbocycles. The number of hydrogen-bond donors (Lipinski definition) is 1. The molecule has 0 bridgehead atoms. The molecule has 1 unspecified atom stereocenters. The normalized spacial score (nSPS) is 12.5. The molecule has 100 valence electrons. The highest BCUT2D eigenvalue weighted by Gasteiger charge is 2.19. The van der Waals surface area contributed by atoms with E-state index in [9.17, 15) is 4.39 Å². The Morgan fingerprint density at radius 1 is 1.26 bits per heavy atom. The monoisotopic (exact) mass is 278 g/mol. The fourth-order valence-electron chi connectivity index (χ4n) is 2.20. The van der Waals surface area contributed by atoms with Crippen LogP contribution in [0, 0.1) is 19.7 Å². The lowest BCUT2D eigenvalue weighted by Gasteiger charge is -2.19. The van der Waals surface area contributed by atoms with Gasteiger partial charge in [-0.25, -0.2) is 4.39 Å². The Morgan fingerprint density at radius 3 is 2.58 bits per heavy atom. The van der Waals surface area contributed by atoms with Crippen LogP contribution in [0.4, 0.5) is 4.39 Å². The summed E-state index contributed by atoms with van der Waals surface area (Å²) in [7, 11) is 1.79. The summed E-state index contributed by atoms with van der Waals surface area (Å²) in [5.74, 6) is -0.325. The van der Waals surface area contributed by atoms with Crippen molar-refractivity contribution in [1.29, 1.82) is 0 Å². The van der Waals surface area contributed by atoms with E-state index in [0.717, 1.165) is 16.8 Å². The standard InChI is InChI=1S/C15H16ClFN2/c1-9-6-10(2)14(19-8-9)15(18-3)12-5-4-11(16)7-13(12)17/h4-8,15,18H,1-3H3. The zero-order valence-corrected chi connectivity index (χ0v) is 11.9. The summed E-state index contributed by atoms with van der Waals surface area (Å²) in [6, 6.07) is 6.47. The summed E-state index contributed by atoms with van der Waals surface area (Å²) < 4.78 is 14.0. The molecule has 0 amide bonds. The van der Waals surface area contributed by atoms with E-state index in [-0.39, 0.29) is 11.9 Å². The van der Waals surface area contributed by atoms with Crippen LogP contribution in [0.3, 0.4) is 0 Å². The van der Waals surface area contributed by atoms with Gasteiger partial charge in [-0.3, -0.25) is 4.98 Å². The molecule has 19 heavy (non-hydrogen) atoms. The number of aromatic nitrogens is 1. The van der Waals surface area contributed by atoms with Crippen molar-refractivity contribution >= 4 is 11.6 Å². The molecular formula is C15H16ClFN2. The van der Waals surface area contributed by atoms with E-state index in [4.69, 9.17) is 11.6 Å². The second-order valence-corrected chi connectivity index (χ2v) is 5.04. The van der Waals surface area contributed by atoms with E-state index in [0.29, 0.717) is 10.6 Å². The van der Waals surface area contributed by atoms with Gasteiger partial charge in [0.2, 0.25) is 0 Å². The highest BCUT2D eigenvalue weighted by Crippen LogP contribution is 2.27. The number of hydrogen-bond acceptors (Lipinski definition) is 2. The fraction of sp³-hybridized carbons (Fsp3) is 0.267. The van der Waals surface area contributed by atoms with Gasteiger partial charge in [-0.2, -0.15) is 0 Å². The van der Waals surface area contributed by atoms with Crippen molar-refractivity contribution in [3.8, 4) is 0 Å². The molecule has 1 N–H and O–H groups in total. The fourth-order valence-corrected chi connectivity index (χ4v) is 2.36. The van der Waals surface area contributed by atoms with E-state index in [1.807, 2.05) is 19.9 Å². The number of rotatable bonds is 3. The highest BCUT2D eigenvalue weighted by molar-refractivity contribution is 6.30. The minimum absolute atomic E-state index is 0.280. The van der Waals surface area contributed by atoms with Crippen molar-refractivity contribution in [2.45, 2.75) is 19.9 Å². The van der Waals surface area contributed by atoms with E-state index >= 15 is 0 Å². The molecule has 1 atom stereocenters. The molecular weight excluding hydrogens is 263 g/mol. The van der Waals surface area contributed by atoms with Crippen LogP contribution in [0.25, 0.3) is 0 Å². The summed E-state index contributed by atoms with van der Waals surface area (Å²) in [4.78, 5) is 4.43. The van der Waals surface area contributed by atoms with Crippen molar-refractivity contribution in [3.05, 3.63) is 63.7 Å². The average Bonchev–Trinajstić information content (AvgIpc) is 2.34. The maximum absolute atomic E-state index is 14.0. The molecule has 0 aliphatic heterocycles. The molecule has 2 nitrogen and oxygen atoms in total. The highest BCUT2D eigenvalue weighted by atomic mass is 35.5. The van der Waals surface area contributed by atoms with Gasteiger partial charge in [0.15, 0.2) is 0 Å². The molecule has 0 aliphatic rings. The first kappa shape index (κ1) is 14.0. The maximum atomic E-state index is 14.0. The summed E-state index contributed by atoms with van der Waals surface area (Å²) in [5.41, 5.74) is 3.50. The summed E-state index contributed by atoms with van der Waals surface area (Å²) in [6.07, 6.45) is 1.79. The Hall–Kier alpha value is -1.45. The predicted octanol–water partition coefficient (Wildman–Crippen LogP) is 3.80.